The number of ether oxygens (including phenoxy) is 1. The van der Waals surface area contributed by atoms with Crippen LogP contribution in [-0.2, 0) is 6.42 Å². The van der Waals surface area contributed by atoms with Gasteiger partial charge in [-0.25, -0.2) is 0 Å². The molecule has 0 saturated heterocycles. The lowest BCUT2D eigenvalue weighted by Crippen LogP contribution is -2.59. The molecule has 0 spiro atoms. The Morgan fingerprint density at radius 3 is 2.71 bits per heavy atom. The zero-order valence-electron chi connectivity index (χ0n) is 15.4. The Labute approximate surface area is 144 Å². The summed E-state index contributed by atoms with van der Waals surface area (Å²) in [5, 5.41) is 11.0. The molecule has 1 aromatic rings. The zero-order valence-corrected chi connectivity index (χ0v) is 15.4. The Kier molecular flexibility index (Phi) is 3.18. The van der Waals surface area contributed by atoms with E-state index in [0.717, 1.165) is 36.1 Å². The molecule has 1 heterocycles. The predicted octanol–water partition coefficient (Wildman–Crippen LogP) is 4.85. The third-order valence-electron chi connectivity index (χ3n) is 7.12. The van der Waals surface area contributed by atoms with Gasteiger partial charge in [0.15, 0.2) is 5.78 Å². The summed E-state index contributed by atoms with van der Waals surface area (Å²) in [4.78, 5) is 12.2. The highest BCUT2D eigenvalue weighted by Gasteiger charge is 2.69. The lowest BCUT2D eigenvalue weighted by Gasteiger charge is -2.62. The molecule has 3 aliphatic rings. The second kappa shape index (κ2) is 4.77. The summed E-state index contributed by atoms with van der Waals surface area (Å²) in [7, 11) is 0. The molecule has 2 unspecified atom stereocenters. The van der Waals surface area contributed by atoms with Crippen LogP contribution in [0, 0.1) is 17.3 Å². The van der Waals surface area contributed by atoms with Crippen LogP contribution in [0.15, 0.2) is 6.07 Å². The number of Topliss-reactive ketones (excluding diaryl/α,β-unsaturated/α-hetero) is 1. The molecule has 0 amide bonds. The van der Waals surface area contributed by atoms with Crippen molar-refractivity contribution in [3.8, 4) is 11.5 Å². The number of carbonyl (C=O) groups excluding carboxylic acids is 1. The van der Waals surface area contributed by atoms with Gasteiger partial charge in [-0.05, 0) is 56.1 Å². The number of fused-ring (bicyclic) bond motifs is 2. The molecular weight excluding hydrogens is 300 g/mol. The fourth-order valence-electron chi connectivity index (χ4n) is 6.09. The molecule has 3 heteroatoms. The number of carbonyl (C=O) groups is 1. The van der Waals surface area contributed by atoms with Crippen LogP contribution in [0.1, 0.15) is 81.3 Å². The van der Waals surface area contributed by atoms with Crippen LogP contribution in [0.5, 0.6) is 11.5 Å². The van der Waals surface area contributed by atoms with Crippen LogP contribution in [0.2, 0.25) is 0 Å². The van der Waals surface area contributed by atoms with E-state index in [2.05, 4.69) is 27.7 Å². The third kappa shape index (κ3) is 1.76. The van der Waals surface area contributed by atoms with Crippen molar-refractivity contribution in [2.24, 2.45) is 17.3 Å². The number of phenolic OH excluding ortho intramolecular Hbond substituents is 1. The van der Waals surface area contributed by atoms with Crippen molar-refractivity contribution < 1.29 is 14.6 Å². The number of aryl methyl sites for hydroxylation is 1. The normalized spacial score (nSPS) is 34.8. The second-order valence-corrected chi connectivity index (χ2v) is 8.86. The van der Waals surface area contributed by atoms with E-state index in [1.165, 1.54) is 6.42 Å². The fourth-order valence-corrected chi connectivity index (χ4v) is 6.09. The number of hydrogen-bond acceptors (Lipinski definition) is 3. The lowest BCUT2D eigenvalue weighted by molar-refractivity contribution is -0.121. The molecule has 2 aliphatic carbocycles. The van der Waals surface area contributed by atoms with Gasteiger partial charge in [-0.1, -0.05) is 27.2 Å². The summed E-state index contributed by atoms with van der Waals surface area (Å²) in [6, 6.07) is 2.04. The minimum absolute atomic E-state index is 0.0489. The molecule has 130 valence electrons. The van der Waals surface area contributed by atoms with Gasteiger partial charge in [0.25, 0.3) is 0 Å². The summed E-state index contributed by atoms with van der Waals surface area (Å²) in [5.74, 6) is 2.35. The van der Waals surface area contributed by atoms with Gasteiger partial charge >= 0.3 is 0 Å². The van der Waals surface area contributed by atoms with Crippen molar-refractivity contribution in [2.75, 3.05) is 0 Å². The van der Waals surface area contributed by atoms with Gasteiger partial charge in [-0.3, -0.25) is 4.79 Å². The van der Waals surface area contributed by atoms with Crippen LogP contribution >= 0.6 is 0 Å². The zero-order chi connectivity index (χ0) is 17.4. The molecule has 1 N–H and O–H groups in total. The van der Waals surface area contributed by atoms with Crippen molar-refractivity contribution in [1.29, 1.82) is 0 Å². The molecule has 1 aliphatic heterocycles. The first-order valence-corrected chi connectivity index (χ1v) is 9.31. The average molecular weight is 328 g/mol. The first kappa shape index (κ1) is 16.0. The second-order valence-electron chi connectivity index (χ2n) is 8.86. The fraction of sp³-hybridized carbons (Fsp3) is 0.667. The smallest absolute Gasteiger partial charge is 0.163 e. The van der Waals surface area contributed by atoms with E-state index >= 15 is 0 Å². The highest BCUT2D eigenvalue weighted by molar-refractivity contribution is 5.99. The molecular formula is C21H28O3. The number of benzene rings is 1. The summed E-state index contributed by atoms with van der Waals surface area (Å²) < 4.78 is 6.47. The molecule has 4 atom stereocenters. The summed E-state index contributed by atoms with van der Waals surface area (Å²) in [6.45, 7) is 10.5. The van der Waals surface area contributed by atoms with E-state index in [1.54, 1.807) is 6.92 Å². The topological polar surface area (TPSA) is 46.5 Å². The highest BCUT2D eigenvalue weighted by Crippen LogP contribution is 2.74. The van der Waals surface area contributed by atoms with E-state index in [4.69, 9.17) is 4.74 Å². The van der Waals surface area contributed by atoms with Crippen LogP contribution < -0.4 is 4.74 Å². The molecule has 0 bridgehead atoms. The van der Waals surface area contributed by atoms with Gasteiger partial charge in [0.2, 0.25) is 0 Å². The molecule has 0 aromatic heterocycles. The molecule has 3 nitrogen and oxygen atoms in total. The van der Waals surface area contributed by atoms with Crippen LogP contribution in [0.4, 0.5) is 0 Å². The number of hydrogen-bond donors (Lipinski definition) is 1. The minimum atomic E-state index is -0.120. The van der Waals surface area contributed by atoms with Crippen LogP contribution in [0.25, 0.3) is 0 Å². The van der Waals surface area contributed by atoms with Crippen molar-refractivity contribution in [3.05, 3.63) is 22.8 Å². The molecule has 2 fully saturated rings. The molecule has 2 saturated carbocycles. The summed E-state index contributed by atoms with van der Waals surface area (Å²) in [5.41, 5.74) is 2.37. The number of rotatable bonds is 3. The molecule has 1 aromatic carbocycles. The maximum atomic E-state index is 12.2. The van der Waals surface area contributed by atoms with Crippen LogP contribution in [0.3, 0.4) is 0 Å². The number of phenols is 1. The Morgan fingerprint density at radius 2 is 2.08 bits per heavy atom. The summed E-state index contributed by atoms with van der Waals surface area (Å²) >= 11 is 0. The van der Waals surface area contributed by atoms with Crippen molar-refractivity contribution in [1.82, 2.24) is 0 Å². The number of ketones is 1. The Hall–Kier alpha value is -1.51. The number of aromatic hydroxyl groups is 1. The molecule has 24 heavy (non-hydrogen) atoms. The molecule has 4 rings (SSSR count). The molecule has 0 radical (unpaired) electrons. The van der Waals surface area contributed by atoms with E-state index < -0.39 is 0 Å². The van der Waals surface area contributed by atoms with Gasteiger partial charge < -0.3 is 9.84 Å². The highest BCUT2D eigenvalue weighted by atomic mass is 16.5. The van der Waals surface area contributed by atoms with Crippen molar-refractivity contribution in [2.45, 2.75) is 71.8 Å². The third-order valence-corrected chi connectivity index (χ3v) is 7.12. The van der Waals surface area contributed by atoms with Gasteiger partial charge in [0.1, 0.15) is 17.1 Å². The lowest BCUT2D eigenvalue weighted by atomic mass is 9.45. The van der Waals surface area contributed by atoms with Gasteiger partial charge in [-0.2, -0.15) is 0 Å². The maximum absolute atomic E-state index is 12.2. The monoisotopic (exact) mass is 328 g/mol. The van der Waals surface area contributed by atoms with Gasteiger partial charge in [-0.15, -0.1) is 0 Å². The van der Waals surface area contributed by atoms with Crippen molar-refractivity contribution >= 4 is 5.78 Å². The van der Waals surface area contributed by atoms with Crippen LogP contribution in [-0.4, -0.2) is 16.5 Å². The average Bonchev–Trinajstić information content (AvgIpc) is 2.81. The standard InChI is InChI=1S/C21H28O3/c1-6-7-12-10-14-16(19(23)15(12)11(2)22)18-17-13(20(18,3)4)8-9-21(17,5)24-14/h10,13,17-18,23H,6-9H2,1-5H3/t13?,17-,18?,21-/m1/s1. The van der Waals surface area contributed by atoms with Gasteiger partial charge in [0.05, 0.1) is 5.56 Å². The van der Waals surface area contributed by atoms with Gasteiger partial charge in [0, 0.05) is 17.4 Å². The SMILES string of the molecule is CCCc1cc2c(c(O)c1C(C)=O)C1[C@H]3C(CC[C@@]3(C)O2)C1(C)C. The first-order valence-electron chi connectivity index (χ1n) is 9.31. The predicted molar refractivity (Wildman–Crippen MR) is 93.9 cm³/mol. The Morgan fingerprint density at radius 1 is 1.38 bits per heavy atom. The van der Waals surface area contributed by atoms with E-state index in [-0.39, 0.29) is 28.5 Å². The van der Waals surface area contributed by atoms with E-state index in [0.29, 0.717) is 17.4 Å². The Balaban J connectivity index is 1.95. The van der Waals surface area contributed by atoms with E-state index in [1.807, 2.05) is 6.07 Å². The largest absolute Gasteiger partial charge is 0.507 e. The quantitative estimate of drug-likeness (QED) is 0.807. The first-order chi connectivity index (χ1) is 11.2. The summed E-state index contributed by atoms with van der Waals surface area (Å²) in [6.07, 6.45) is 4.01. The Bertz CT molecular complexity index is 733. The van der Waals surface area contributed by atoms with E-state index in [9.17, 15) is 9.90 Å². The van der Waals surface area contributed by atoms with Crippen molar-refractivity contribution in [3.63, 3.8) is 0 Å². The minimum Gasteiger partial charge on any atom is -0.507 e. The maximum Gasteiger partial charge on any atom is 0.163 e.